The van der Waals surface area contributed by atoms with E-state index >= 15 is 0 Å². The Labute approximate surface area is 127 Å². The van der Waals surface area contributed by atoms with Gasteiger partial charge in [-0.25, -0.2) is 0 Å². The van der Waals surface area contributed by atoms with Crippen molar-refractivity contribution < 1.29 is 4.42 Å². The molecule has 3 rings (SSSR count). The molecule has 1 heterocycles. The van der Waals surface area contributed by atoms with Gasteiger partial charge in [0.05, 0.1) is 0 Å². The third-order valence-electron chi connectivity index (χ3n) is 3.20. The minimum Gasteiger partial charge on any atom is -0.456 e. The van der Waals surface area contributed by atoms with Crippen LogP contribution in [-0.4, -0.2) is 0 Å². The van der Waals surface area contributed by atoms with Crippen molar-refractivity contribution in [1.82, 2.24) is 0 Å². The second-order valence-corrected chi connectivity index (χ2v) is 4.66. The molecule has 2 aromatic carbocycles. The first-order valence-electron chi connectivity index (χ1n) is 6.66. The van der Waals surface area contributed by atoms with Gasteiger partial charge in [-0.05, 0) is 24.3 Å². The summed E-state index contributed by atoms with van der Waals surface area (Å²) in [6.45, 7) is 0. The van der Waals surface area contributed by atoms with Crippen LogP contribution >= 0.6 is 0 Å². The molecular formula is C18H11N3O. The molecule has 0 fully saturated rings. The van der Waals surface area contributed by atoms with Gasteiger partial charge in [0.15, 0.2) is 0 Å². The fourth-order valence-corrected chi connectivity index (χ4v) is 2.12. The fraction of sp³-hybridized carbons (Fsp3) is 0. The predicted molar refractivity (Wildman–Crippen MR) is 84.6 cm³/mol. The molecule has 22 heavy (non-hydrogen) atoms. The highest BCUT2D eigenvalue weighted by Crippen LogP contribution is 2.29. The monoisotopic (exact) mass is 285 g/mol. The Morgan fingerprint density at radius 1 is 1.00 bits per heavy atom. The van der Waals surface area contributed by atoms with E-state index in [1.165, 1.54) is 6.20 Å². The third-order valence-corrected chi connectivity index (χ3v) is 3.20. The number of nitriles is 2. The molecule has 0 bridgehead atoms. The van der Waals surface area contributed by atoms with Crippen LogP contribution in [0.15, 0.2) is 70.8 Å². The van der Waals surface area contributed by atoms with Crippen LogP contribution < -0.4 is 5.32 Å². The average molecular weight is 285 g/mol. The zero-order valence-electron chi connectivity index (χ0n) is 11.6. The number of nitrogens with one attached hydrogen (secondary N) is 1. The minimum atomic E-state index is 0.0252. The highest BCUT2D eigenvalue weighted by molar-refractivity contribution is 5.86. The highest BCUT2D eigenvalue weighted by Gasteiger charge is 2.06. The minimum absolute atomic E-state index is 0.0252. The smallest absolute Gasteiger partial charge is 0.145 e. The predicted octanol–water partition coefficient (Wildman–Crippen LogP) is 4.44. The average Bonchev–Trinajstić information content (AvgIpc) is 3.00. The van der Waals surface area contributed by atoms with Gasteiger partial charge in [0.1, 0.15) is 29.1 Å². The van der Waals surface area contributed by atoms with E-state index in [0.717, 1.165) is 28.0 Å². The lowest BCUT2D eigenvalue weighted by atomic mass is 10.1. The second kappa shape index (κ2) is 5.87. The summed E-state index contributed by atoms with van der Waals surface area (Å²) in [7, 11) is 0. The van der Waals surface area contributed by atoms with Crippen molar-refractivity contribution in [3.8, 4) is 23.5 Å². The van der Waals surface area contributed by atoms with E-state index in [4.69, 9.17) is 14.9 Å². The van der Waals surface area contributed by atoms with Gasteiger partial charge in [-0.1, -0.05) is 30.3 Å². The molecule has 1 N–H and O–H groups in total. The summed E-state index contributed by atoms with van der Waals surface area (Å²) in [5.74, 6) is 0.804. The zero-order chi connectivity index (χ0) is 15.4. The first-order valence-corrected chi connectivity index (χ1v) is 6.66. The van der Waals surface area contributed by atoms with E-state index in [0.29, 0.717) is 0 Å². The quantitative estimate of drug-likeness (QED) is 0.722. The molecule has 0 amide bonds. The number of furan rings is 1. The van der Waals surface area contributed by atoms with Crippen LogP contribution in [-0.2, 0) is 0 Å². The number of anilines is 1. The Morgan fingerprint density at radius 3 is 2.50 bits per heavy atom. The van der Waals surface area contributed by atoms with E-state index in [2.05, 4.69) is 5.32 Å². The lowest BCUT2D eigenvalue weighted by molar-refractivity contribution is 0.631. The Bertz CT molecular complexity index is 908. The number of hydrogen-bond donors (Lipinski definition) is 1. The summed E-state index contributed by atoms with van der Waals surface area (Å²) < 4.78 is 5.83. The van der Waals surface area contributed by atoms with Crippen molar-refractivity contribution in [3.05, 3.63) is 66.4 Å². The van der Waals surface area contributed by atoms with Crippen LogP contribution in [0.1, 0.15) is 0 Å². The topological polar surface area (TPSA) is 72.8 Å². The third kappa shape index (κ3) is 2.67. The molecule has 104 valence electrons. The Hall–Kier alpha value is -3.50. The summed E-state index contributed by atoms with van der Waals surface area (Å²) in [5.41, 5.74) is 2.62. The van der Waals surface area contributed by atoms with Crippen molar-refractivity contribution in [2.45, 2.75) is 0 Å². The van der Waals surface area contributed by atoms with E-state index in [1.54, 1.807) is 12.1 Å². The molecule has 4 heteroatoms. The van der Waals surface area contributed by atoms with Crippen LogP contribution in [0.4, 0.5) is 5.69 Å². The molecule has 0 aliphatic rings. The number of fused-ring (bicyclic) bond motifs is 1. The molecule has 0 aliphatic heterocycles. The largest absolute Gasteiger partial charge is 0.456 e. The first kappa shape index (κ1) is 13.5. The molecule has 0 aliphatic carbocycles. The van der Waals surface area contributed by atoms with Crippen molar-refractivity contribution in [2.24, 2.45) is 0 Å². The number of rotatable bonds is 3. The van der Waals surface area contributed by atoms with Crippen molar-refractivity contribution in [1.29, 1.82) is 10.5 Å². The van der Waals surface area contributed by atoms with Gasteiger partial charge in [0.25, 0.3) is 0 Å². The number of benzene rings is 2. The molecule has 0 unspecified atom stereocenters. The summed E-state index contributed by atoms with van der Waals surface area (Å²) in [6, 6.07) is 21.1. The molecular weight excluding hydrogens is 274 g/mol. The molecule has 1 aromatic heterocycles. The van der Waals surface area contributed by atoms with Crippen molar-refractivity contribution in [2.75, 3.05) is 5.32 Å². The number of allylic oxidation sites excluding steroid dienone is 1. The molecule has 0 atom stereocenters. The summed E-state index contributed by atoms with van der Waals surface area (Å²) in [6.07, 6.45) is 1.39. The Kier molecular flexibility index (Phi) is 3.59. The normalized spacial score (nSPS) is 9.73. The van der Waals surface area contributed by atoms with Crippen LogP contribution in [0.2, 0.25) is 0 Å². The van der Waals surface area contributed by atoms with Gasteiger partial charge in [-0.3, -0.25) is 0 Å². The maximum Gasteiger partial charge on any atom is 0.145 e. The van der Waals surface area contributed by atoms with Crippen molar-refractivity contribution in [3.63, 3.8) is 0 Å². The molecule has 3 aromatic rings. The van der Waals surface area contributed by atoms with Crippen LogP contribution in [0.5, 0.6) is 0 Å². The van der Waals surface area contributed by atoms with Gasteiger partial charge in [-0.15, -0.1) is 0 Å². The van der Waals surface area contributed by atoms with Gasteiger partial charge < -0.3 is 9.73 Å². The zero-order valence-corrected chi connectivity index (χ0v) is 11.6. The first-order chi connectivity index (χ1) is 10.8. The van der Waals surface area contributed by atoms with E-state index in [-0.39, 0.29) is 5.57 Å². The fourth-order valence-electron chi connectivity index (χ4n) is 2.12. The lowest BCUT2D eigenvalue weighted by Gasteiger charge is -1.99. The number of hydrogen-bond acceptors (Lipinski definition) is 4. The molecule has 4 nitrogen and oxygen atoms in total. The molecule has 0 radical (unpaired) electrons. The maximum absolute atomic E-state index is 8.71. The van der Waals surface area contributed by atoms with E-state index < -0.39 is 0 Å². The second-order valence-electron chi connectivity index (χ2n) is 4.66. The SMILES string of the molecule is N#CC(C#N)=CNc1ccc2oc(-c3ccccc3)cc2c1. The van der Waals surface area contributed by atoms with E-state index in [9.17, 15) is 0 Å². The number of nitrogens with zero attached hydrogens (tertiary/aromatic N) is 2. The van der Waals surface area contributed by atoms with Gasteiger partial charge in [-0.2, -0.15) is 10.5 Å². The summed E-state index contributed by atoms with van der Waals surface area (Å²) in [4.78, 5) is 0. The van der Waals surface area contributed by atoms with Gasteiger partial charge in [0, 0.05) is 22.8 Å². The van der Waals surface area contributed by atoms with Gasteiger partial charge in [0.2, 0.25) is 0 Å². The summed E-state index contributed by atoms with van der Waals surface area (Å²) in [5, 5.41) is 21.3. The Balaban J connectivity index is 1.93. The molecule has 0 spiro atoms. The van der Waals surface area contributed by atoms with E-state index in [1.807, 2.05) is 54.6 Å². The molecule has 0 saturated heterocycles. The lowest BCUT2D eigenvalue weighted by Crippen LogP contribution is -1.88. The van der Waals surface area contributed by atoms with Crippen molar-refractivity contribution >= 4 is 16.7 Å². The van der Waals surface area contributed by atoms with Crippen LogP contribution in [0.3, 0.4) is 0 Å². The van der Waals surface area contributed by atoms with Gasteiger partial charge >= 0.3 is 0 Å². The Morgan fingerprint density at radius 2 is 1.77 bits per heavy atom. The molecule has 0 saturated carbocycles. The highest BCUT2D eigenvalue weighted by atomic mass is 16.3. The summed E-state index contributed by atoms with van der Waals surface area (Å²) >= 11 is 0. The van der Waals surface area contributed by atoms with Crippen LogP contribution in [0.25, 0.3) is 22.3 Å². The standard InChI is InChI=1S/C18H11N3O/c19-10-13(11-20)12-21-16-6-7-17-15(8-16)9-18(22-17)14-4-2-1-3-5-14/h1-9,12,21H. The maximum atomic E-state index is 8.71. The van der Waals surface area contributed by atoms with Crippen LogP contribution in [0, 0.1) is 22.7 Å².